The van der Waals surface area contributed by atoms with Gasteiger partial charge in [0, 0.05) is 43.2 Å². The van der Waals surface area contributed by atoms with Crippen LogP contribution in [-0.4, -0.2) is 82.5 Å². The Bertz CT molecular complexity index is 1470. The standard InChI is InChI=1S/C29H30N2O8/c1-30-8-9-31(14-25(30)32)7-4-10-36-28-19-13-23(35-3)22(34-2)12-18(19)26(27-20(28)15-37-29(27)33)17-5-6-21-24(11-17)39-16-38-21/h5-6,11-13H,4,7-10,14-16H2,1-3H3. The van der Waals surface area contributed by atoms with Crippen LogP contribution in [-0.2, 0) is 16.1 Å². The van der Waals surface area contributed by atoms with Gasteiger partial charge in [0.2, 0.25) is 12.7 Å². The number of piperazine rings is 1. The minimum Gasteiger partial charge on any atom is -0.493 e. The van der Waals surface area contributed by atoms with Crippen molar-refractivity contribution in [3.63, 3.8) is 0 Å². The second-order valence-electron chi connectivity index (χ2n) is 9.75. The number of esters is 1. The van der Waals surface area contributed by atoms with Gasteiger partial charge in [0.25, 0.3) is 0 Å². The predicted octanol–water partition coefficient (Wildman–Crippen LogP) is 3.47. The van der Waals surface area contributed by atoms with Crippen LogP contribution in [0, 0.1) is 0 Å². The maximum absolute atomic E-state index is 13.1. The fraction of sp³-hybridized carbons (Fsp3) is 0.379. The van der Waals surface area contributed by atoms with E-state index in [-0.39, 0.29) is 19.3 Å². The molecule has 0 aromatic heterocycles. The van der Waals surface area contributed by atoms with Crippen LogP contribution in [0.2, 0.25) is 0 Å². The molecule has 0 N–H and O–H groups in total. The molecular formula is C29H30N2O8. The number of likely N-dealkylation sites (N-methyl/N-ethyl adjacent to an activating group) is 1. The first-order valence-corrected chi connectivity index (χ1v) is 12.9. The minimum absolute atomic E-state index is 0.109. The highest BCUT2D eigenvalue weighted by molar-refractivity contribution is 6.14. The van der Waals surface area contributed by atoms with Gasteiger partial charge in [-0.3, -0.25) is 9.69 Å². The predicted molar refractivity (Wildman–Crippen MR) is 142 cm³/mol. The lowest BCUT2D eigenvalue weighted by atomic mass is 9.89. The van der Waals surface area contributed by atoms with Gasteiger partial charge in [0.05, 0.1) is 32.9 Å². The minimum atomic E-state index is -0.407. The molecule has 204 valence electrons. The van der Waals surface area contributed by atoms with Crippen LogP contribution < -0.4 is 23.7 Å². The molecule has 1 amide bonds. The van der Waals surface area contributed by atoms with Gasteiger partial charge in [-0.25, -0.2) is 4.79 Å². The lowest BCUT2D eigenvalue weighted by Gasteiger charge is -2.31. The molecule has 0 bridgehead atoms. The van der Waals surface area contributed by atoms with Crippen molar-refractivity contribution in [2.75, 3.05) is 60.8 Å². The fourth-order valence-corrected chi connectivity index (χ4v) is 5.39. The van der Waals surface area contributed by atoms with Crippen LogP contribution in [0.4, 0.5) is 0 Å². The highest BCUT2D eigenvalue weighted by atomic mass is 16.7. The molecule has 3 aromatic carbocycles. The number of ether oxygens (including phenoxy) is 6. The molecule has 3 heterocycles. The van der Waals surface area contributed by atoms with Gasteiger partial charge >= 0.3 is 5.97 Å². The molecule has 3 aromatic rings. The Kier molecular flexibility index (Phi) is 6.56. The van der Waals surface area contributed by atoms with E-state index >= 15 is 0 Å². The number of amides is 1. The van der Waals surface area contributed by atoms with Crippen LogP contribution in [0.3, 0.4) is 0 Å². The molecule has 10 nitrogen and oxygen atoms in total. The maximum Gasteiger partial charge on any atom is 0.339 e. The summed E-state index contributed by atoms with van der Waals surface area (Å²) in [4.78, 5) is 29.1. The Morgan fingerprint density at radius 2 is 1.67 bits per heavy atom. The number of cyclic esters (lactones) is 1. The molecule has 0 aliphatic carbocycles. The van der Waals surface area contributed by atoms with Crippen molar-refractivity contribution in [2.24, 2.45) is 0 Å². The van der Waals surface area contributed by atoms with E-state index < -0.39 is 5.97 Å². The molecule has 1 fully saturated rings. The van der Waals surface area contributed by atoms with E-state index in [9.17, 15) is 9.59 Å². The highest BCUT2D eigenvalue weighted by Gasteiger charge is 2.33. The summed E-state index contributed by atoms with van der Waals surface area (Å²) >= 11 is 0. The van der Waals surface area contributed by atoms with Crippen LogP contribution in [0.25, 0.3) is 21.9 Å². The van der Waals surface area contributed by atoms with Crippen molar-refractivity contribution >= 4 is 22.6 Å². The quantitative estimate of drug-likeness (QED) is 0.318. The van der Waals surface area contributed by atoms with Crippen LogP contribution in [0.1, 0.15) is 22.3 Å². The summed E-state index contributed by atoms with van der Waals surface area (Å²) in [5.74, 6) is 2.66. The second-order valence-corrected chi connectivity index (χ2v) is 9.75. The van der Waals surface area contributed by atoms with E-state index in [0.717, 1.165) is 42.4 Å². The molecule has 39 heavy (non-hydrogen) atoms. The van der Waals surface area contributed by atoms with Gasteiger partial charge in [0.1, 0.15) is 12.4 Å². The number of fused-ring (bicyclic) bond motifs is 3. The normalized spacial score (nSPS) is 16.4. The van der Waals surface area contributed by atoms with Crippen LogP contribution in [0.15, 0.2) is 30.3 Å². The number of carbonyl (C=O) groups is 2. The topological polar surface area (TPSA) is 96.0 Å². The zero-order valence-corrected chi connectivity index (χ0v) is 22.2. The van der Waals surface area contributed by atoms with Crippen molar-refractivity contribution in [3.05, 3.63) is 41.5 Å². The van der Waals surface area contributed by atoms with E-state index in [1.807, 2.05) is 37.4 Å². The summed E-state index contributed by atoms with van der Waals surface area (Å²) in [7, 11) is 4.99. The summed E-state index contributed by atoms with van der Waals surface area (Å²) in [6.45, 7) is 3.39. The smallest absolute Gasteiger partial charge is 0.339 e. The van der Waals surface area contributed by atoms with E-state index in [2.05, 4.69) is 4.90 Å². The highest BCUT2D eigenvalue weighted by Crippen LogP contribution is 2.49. The van der Waals surface area contributed by atoms with Gasteiger partial charge in [-0.15, -0.1) is 0 Å². The third kappa shape index (κ3) is 4.44. The van der Waals surface area contributed by atoms with Gasteiger partial charge in [-0.1, -0.05) is 6.07 Å². The van der Waals surface area contributed by atoms with Gasteiger partial charge in [-0.2, -0.15) is 0 Å². The van der Waals surface area contributed by atoms with Crippen LogP contribution in [0.5, 0.6) is 28.7 Å². The first kappa shape index (κ1) is 25.1. The average Bonchev–Trinajstić information content (AvgIpc) is 3.58. The van der Waals surface area contributed by atoms with E-state index in [1.54, 1.807) is 19.1 Å². The van der Waals surface area contributed by atoms with E-state index in [1.165, 1.54) is 0 Å². The van der Waals surface area contributed by atoms with Crippen molar-refractivity contribution < 1.29 is 38.0 Å². The van der Waals surface area contributed by atoms with Gasteiger partial charge < -0.3 is 33.3 Å². The molecular weight excluding hydrogens is 504 g/mol. The molecule has 10 heteroatoms. The summed E-state index contributed by atoms with van der Waals surface area (Å²) in [5, 5.41) is 1.55. The number of benzene rings is 3. The lowest BCUT2D eigenvalue weighted by Crippen LogP contribution is -2.48. The first-order valence-electron chi connectivity index (χ1n) is 12.9. The summed E-state index contributed by atoms with van der Waals surface area (Å²) in [6.07, 6.45) is 0.721. The van der Waals surface area contributed by atoms with Crippen molar-refractivity contribution in [1.82, 2.24) is 9.80 Å². The maximum atomic E-state index is 13.1. The second kappa shape index (κ2) is 10.2. The Morgan fingerprint density at radius 3 is 2.44 bits per heavy atom. The molecule has 6 rings (SSSR count). The number of methoxy groups -OCH3 is 2. The molecule has 1 saturated heterocycles. The van der Waals surface area contributed by atoms with Gasteiger partial charge in [0.15, 0.2) is 23.0 Å². The molecule has 0 atom stereocenters. The first-order chi connectivity index (χ1) is 19.0. The fourth-order valence-electron chi connectivity index (χ4n) is 5.39. The molecule has 0 saturated carbocycles. The SMILES string of the molecule is COc1cc2c(OCCCN3CCN(C)C(=O)C3)c3c(c(-c4ccc5c(c4)OCO5)c2cc1OC)C(=O)OC3. The van der Waals surface area contributed by atoms with E-state index in [4.69, 9.17) is 28.4 Å². The van der Waals surface area contributed by atoms with Crippen molar-refractivity contribution in [2.45, 2.75) is 13.0 Å². The summed E-state index contributed by atoms with van der Waals surface area (Å²) in [6, 6.07) is 9.36. The molecule has 3 aliphatic heterocycles. The third-order valence-corrected chi connectivity index (χ3v) is 7.48. The molecule has 3 aliphatic rings. The Hall–Kier alpha value is -4.18. The Labute approximate surface area is 225 Å². The molecule has 0 radical (unpaired) electrons. The zero-order chi connectivity index (χ0) is 27.1. The van der Waals surface area contributed by atoms with E-state index in [0.29, 0.717) is 58.6 Å². The zero-order valence-electron chi connectivity index (χ0n) is 22.2. The van der Waals surface area contributed by atoms with Crippen molar-refractivity contribution in [1.29, 1.82) is 0 Å². The number of hydrogen-bond acceptors (Lipinski definition) is 9. The monoisotopic (exact) mass is 534 g/mol. The average molecular weight is 535 g/mol. The summed E-state index contributed by atoms with van der Waals surface area (Å²) in [5.41, 5.74) is 2.67. The van der Waals surface area contributed by atoms with Crippen molar-refractivity contribution in [3.8, 4) is 39.9 Å². The van der Waals surface area contributed by atoms with Crippen LogP contribution >= 0.6 is 0 Å². The third-order valence-electron chi connectivity index (χ3n) is 7.48. The lowest BCUT2D eigenvalue weighted by molar-refractivity contribution is -0.134. The number of carbonyl (C=O) groups excluding carboxylic acids is 2. The Morgan fingerprint density at radius 1 is 0.897 bits per heavy atom. The number of nitrogens with zero attached hydrogens (tertiary/aromatic N) is 2. The van der Waals surface area contributed by atoms with Gasteiger partial charge in [-0.05, 0) is 41.6 Å². The molecule has 0 unspecified atom stereocenters. The Balaban J connectivity index is 1.41. The number of hydrogen-bond donors (Lipinski definition) is 0. The summed E-state index contributed by atoms with van der Waals surface area (Å²) < 4.78 is 34.3. The number of rotatable bonds is 8. The molecule has 0 spiro atoms. The largest absolute Gasteiger partial charge is 0.493 e.